The molecule has 2 atom stereocenters. The van der Waals surface area contributed by atoms with Gasteiger partial charge in [0.2, 0.25) is 0 Å². The topological polar surface area (TPSA) is 82.1 Å². The lowest BCUT2D eigenvalue weighted by atomic mass is 9.83. The predicted molar refractivity (Wildman–Crippen MR) is 103 cm³/mol. The Morgan fingerprint density at radius 1 is 1.17 bits per heavy atom. The number of hydrogen-bond donors (Lipinski definition) is 1. The van der Waals surface area contributed by atoms with Crippen LogP contribution in [0, 0.1) is 11.3 Å². The van der Waals surface area contributed by atoms with Crippen LogP contribution in [0.5, 0.6) is 0 Å². The summed E-state index contributed by atoms with van der Waals surface area (Å²) in [6.07, 6.45) is 0.311. The van der Waals surface area contributed by atoms with Crippen molar-refractivity contribution in [3.05, 3.63) is 12.3 Å². The zero-order valence-corrected chi connectivity index (χ0v) is 13.1. The molecular weight excluding hydrogens is 332 g/mol. The second-order valence-corrected chi connectivity index (χ2v) is 5.79. The molecule has 0 saturated heterocycles. The fourth-order valence-corrected chi connectivity index (χ4v) is 2.89. The van der Waals surface area contributed by atoms with Gasteiger partial charge in [-0.1, -0.05) is 43.2 Å². The van der Waals surface area contributed by atoms with Crippen LogP contribution in [-0.2, 0) is 24.0 Å². The Morgan fingerprint density at radius 2 is 1.67 bits per heavy atom. The van der Waals surface area contributed by atoms with Gasteiger partial charge in [0.05, 0.1) is 31.3 Å². The van der Waals surface area contributed by atoms with Crippen LogP contribution in [0.3, 0.4) is 0 Å². The number of carbonyl (C=O) groups excluding carboxylic acids is 2. The minimum atomic E-state index is -0.831. The first-order chi connectivity index (χ1) is 9.30. The quantitative estimate of drug-likeness (QED) is 0.274. The lowest BCUT2D eigenvalue weighted by Gasteiger charge is -2.28. The zero-order valence-electron chi connectivity index (χ0n) is 12.3. The Hall–Kier alpha value is -1.21. The average Bonchev–Trinajstić information content (AvgIpc) is 2.44. The minimum Gasteiger partial charge on any atom is -0.469 e. The van der Waals surface area contributed by atoms with Gasteiger partial charge < -0.3 is 14.4 Å². The number of ether oxygens (including phenoxy) is 2. The SMILES string of the molecule is C.C.C.C.C=C(CSCC(C)(CC(C)C(=O)OC)C(=O)OC)OO. The second-order valence-electron chi connectivity index (χ2n) is 4.80. The molecule has 0 aromatic heterocycles. The highest BCUT2D eigenvalue weighted by Crippen LogP contribution is 2.32. The van der Waals surface area contributed by atoms with Crippen molar-refractivity contribution in [3.8, 4) is 0 Å². The van der Waals surface area contributed by atoms with Crippen molar-refractivity contribution in [1.29, 1.82) is 0 Å². The lowest BCUT2D eigenvalue weighted by Crippen LogP contribution is -2.35. The van der Waals surface area contributed by atoms with Crippen molar-refractivity contribution in [1.82, 2.24) is 0 Å². The first kappa shape index (κ1) is 34.2. The first-order valence-corrected chi connectivity index (χ1v) is 7.19. The molecule has 148 valence electrons. The summed E-state index contributed by atoms with van der Waals surface area (Å²) in [6, 6.07) is 0. The molecule has 1 N–H and O–H groups in total. The molecule has 2 unspecified atom stereocenters. The van der Waals surface area contributed by atoms with Crippen LogP contribution in [0.25, 0.3) is 0 Å². The molecule has 0 bridgehead atoms. The molecule has 0 aliphatic rings. The molecule has 7 heteroatoms. The third-order valence-electron chi connectivity index (χ3n) is 2.85. The van der Waals surface area contributed by atoms with Gasteiger partial charge in [-0.05, 0) is 13.3 Å². The molecule has 0 heterocycles. The number of esters is 2. The molecule has 24 heavy (non-hydrogen) atoms. The van der Waals surface area contributed by atoms with E-state index in [2.05, 4.69) is 16.2 Å². The number of carbonyl (C=O) groups is 2. The highest BCUT2D eigenvalue weighted by molar-refractivity contribution is 7.99. The maximum Gasteiger partial charge on any atom is 0.312 e. The van der Waals surface area contributed by atoms with Gasteiger partial charge in [0, 0.05) is 5.75 Å². The molecule has 6 nitrogen and oxygen atoms in total. The molecular formula is C17H38O6S. The highest BCUT2D eigenvalue weighted by Gasteiger charge is 2.37. The third-order valence-corrected chi connectivity index (χ3v) is 4.22. The van der Waals surface area contributed by atoms with E-state index in [1.807, 2.05) is 0 Å². The van der Waals surface area contributed by atoms with Gasteiger partial charge in [0.15, 0.2) is 0 Å². The second kappa shape index (κ2) is 16.6. The molecule has 0 fully saturated rings. The molecule has 0 aliphatic heterocycles. The smallest absolute Gasteiger partial charge is 0.312 e. The largest absolute Gasteiger partial charge is 0.469 e. The van der Waals surface area contributed by atoms with Crippen molar-refractivity contribution in [2.24, 2.45) is 11.3 Å². The van der Waals surface area contributed by atoms with Crippen LogP contribution in [0.1, 0.15) is 50.0 Å². The van der Waals surface area contributed by atoms with Crippen molar-refractivity contribution in [2.75, 3.05) is 25.7 Å². The van der Waals surface area contributed by atoms with E-state index in [4.69, 9.17) is 9.99 Å². The fourth-order valence-electron chi connectivity index (χ4n) is 1.82. The van der Waals surface area contributed by atoms with E-state index in [0.717, 1.165) is 0 Å². The molecule has 0 rings (SSSR count). The predicted octanol–water partition coefficient (Wildman–Crippen LogP) is 4.65. The van der Waals surface area contributed by atoms with Crippen LogP contribution in [-0.4, -0.2) is 42.9 Å². The molecule has 0 spiro atoms. The van der Waals surface area contributed by atoms with E-state index < -0.39 is 17.3 Å². The van der Waals surface area contributed by atoms with Crippen molar-refractivity contribution in [3.63, 3.8) is 0 Å². The van der Waals surface area contributed by atoms with Gasteiger partial charge in [-0.3, -0.25) is 9.59 Å². The van der Waals surface area contributed by atoms with Crippen LogP contribution >= 0.6 is 11.8 Å². The maximum absolute atomic E-state index is 11.9. The van der Waals surface area contributed by atoms with Crippen LogP contribution < -0.4 is 0 Å². The van der Waals surface area contributed by atoms with E-state index in [1.165, 1.54) is 26.0 Å². The number of rotatable bonds is 9. The Kier molecular flexibility index (Phi) is 23.7. The van der Waals surface area contributed by atoms with Gasteiger partial charge >= 0.3 is 11.9 Å². The summed E-state index contributed by atoms with van der Waals surface area (Å²) in [5.41, 5.74) is -0.831. The van der Waals surface area contributed by atoms with E-state index in [0.29, 0.717) is 17.9 Å². The van der Waals surface area contributed by atoms with Crippen molar-refractivity contribution < 1.29 is 29.2 Å². The lowest BCUT2D eigenvalue weighted by molar-refractivity contribution is -0.201. The summed E-state index contributed by atoms with van der Waals surface area (Å²) >= 11 is 1.36. The van der Waals surface area contributed by atoms with Crippen LogP contribution in [0.2, 0.25) is 0 Å². The number of hydrogen-bond acceptors (Lipinski definition) is 7. The van der Waals surface area contributed by atoms with E-state index in [-0.39, 0.29) is 41.4 Å². The minimum absolute atomic E-state index is 0. The summed E-state index contributed by atoms with van der Waals surface area (Å²) in [5.74, 6) is -0.228. The van der Waals surface area contributed by atoms with E-state index in [9.17, 15) is 9.59 Å². The number of thioether (sulfide) groups is 1. The Bertz CT molecular complexity index is 359. The normalized spacial score (nSPS) is 12.4. The monoisotopic (exact) mass is 370 g/mol. The molecule has 0 aromatic carbocycles. The first-order valence-electron chi connectivity index (χ1n) is 6.04. The van der Waals surface area contributed by atoms with Crippen LogP contribution in [0.15, 0.2) is 12.3 Å². The Labute approximate surface area is 152 Å². The van der Waals surface area contributed by atoms with Gasteiger partial charge in [-0.2, -0.15) is 11.8 Å². The molecule has 0 radical (unpaired) electrons. The number of methoxy groups -OCH3 is 2. The summed E-state index contributed by atoms with van der Waals surface area (Å²) in [7, 11) is 2.62. The Morgan fingerprint density at radius 3 is 2.04 bits per heavy atom. The summed E-state index contributed by atoms with van der Waals surface area (Å²) in [6.45, 7) is 6.91. The summed E-state index contributed by atoms with van der Waals surface area (Å²) in [4.78, 5) is 27.4. The van der Waals surface area contributed by atoms with Gasteiger partial charge in [-0.15, -0.1) is 0 Å². The molecule has 0 amide bonds. The molecule has 0 aromatic rings. The molecule has 0 saturated carbocycles. The fraction of sp³-hybridized carbons (Fsp3) is 0.765. The summed E-state index contributed by atoms with van der Waals surface area (Å²) < 4.78 is 9.47. The Balaban J connectivity index is -0.000000301. The zero-order chi connectivity index (χ0) is 15.8. The highest BCUT2D eigenvalue weighted by atomic mass is 32.2. The van der Waals surface area contributed by atoms with Gasteiger partial charge in [-0.25, -0.2) is 5.26 Å². The van der Waals surface area contributed by atoms with Crippen molar-refractivity contribution >= 4 is 23.7 Å². The average molecular weight is 371 g/mol. The van der Waals surface area contributed by atoms with Crippen LogP contribution in [0.4, 0.5) is 0 Å². The molecule has 0 aliphatic carbocycles. The van der Waals surface area contributed by atoms with E-state index in [1.54, 1.807) is 13.8 Å². The van der Waals surface area contributed by atoms with E-state index >= 15 is 0 Å². The van der Waals surface area contributed by atoms with Gasteiger partial charge in [0.1, 0.15) is 5.76 Å². The standard InChI is InChI=1S/C13H22O6S.4CH4/c1-9(11(14)17-4)6-13(3,12(15)18-5)8-20-7-10(2)19-16;;;;/h9,16H,2,6-8H2,1,3-5H3;4*1H4. The third kappa shape index (κ3) is 11.3. The van der Waals surface area contributed by atoms with Crippen molar-refractivity contribution in [2.45, 2.75) is 50.0 Å². The maximum atomic E-state index is 11.9. The van der Waals surface area contributed by atoms with Gasteiger partial charge in [0.25, 0.3) is 0 Å². The summed E-state index contributed by atoms with van der Waals surface area (Å²) in [5, 5.41) is 8.40.